The third-order valence-electron chi connectivity index (χ3n) is 3.04. The number of hydrogen-bond donors (Lipinski definition) is 2. The fourth-order valence-electron chi connectivity index (χ4n) is 1.78. The number of ether oxygens (including phenoxy) is 1. The first-order valence-corrected chi connectivity index (χ1v) is 6.92. The first kappa shape index (κ1) is 17.0. The van der Waals surface area contributed by atoms with E-state index in [1.54, 1.807) is 20.8 Å². The second-order valence-corrected chi connectivity index (χ2v) is 6.12. The molecule has 0 aliphatic carbocycles. The van der Waals surface area contributed by atoms with Crippen molar-refractivity contribution >= 4 is 11.9 Å². The Balaban J connectivity index is 2.43. The van der Waals surface area contributed by atoms with Crippen LogP contribution in [0.15, 0.2) is 24.3 Å². The van der Waals surface area contributed by atoms with Gasteiger partial charge in [0.1, 0.15) is 11.8 Å². The summed E-state index contributed by atoms with van der Waals surface area (Å²) in [6.45, 7) is 7.51. The van der Waals surface area contributed by atoms with Crippen LogP contribution >= 0.6 is 0 Å². The van der Waals surface area contributed by atoms with Crippen molar-refractivity contribution in [1.82, 2.24) is 5.32 Å². The molecule has 0 heterocycles. The smallest absolute Gasteiger partial charge is 0.326 e. The van der Waals surface area contributed by atoms with Gasteiger partial charge in [-0.25, -0.2) is 4.79 Å². The number of carbonyl (C=O) groups is 2. The molecule has 0 saturated carbocycles. The van der Waals surface area contributed by atoms with Crippen LogP contribution in [0.3, 0.4) is 0 Å². The molecule has 0 unspecified atom stereocenters. The standard InChI is InChI=1S/C16H23NO4/c1-11-5-7-12(8-6-11)21-10-9-13(18)17-14(15(19)20)16(2,3)4/h5-8,14H,9-10H2,1-4H3,(H,17,18)(H,19,20)/t14-/m1/s1. The molecule has 0 aromatic heterocycles. The summed E-state index contributed by atoms with van der Waals surface area (Å²) in [5.74, 6) is -0.668. The zero-order valence-corrected chi connectivity index (χ0v) is 13.0. The number of aryl methyl sites for hydroxylation is 1. The lowest BCUT2D eigenvalue weighted by molar-refractivity contribution is -0.145. The van der Waals surface area contributed by atoms with Gasteiger partial charge in [0.25, 0.3) is 0 Å². The maximum Gasteiger partial charge on any atom is 0.326 e. The van der Waals surface area contributed by atoms with Gasteiger partial charge >= 0.3 is 5.97 Å². The van der Waals surface area contributed by atoms with Gasteiger partial charge < -0.3 is 15.2 Å². The maximum absolute atomic E-state index is 11.8. The minimum Gasteiger partial charge on any atom is -0.493 e. The quantitative estimate of drug-likeness (QED) is 0.844. The number of aliphatic carboxylic acids is 1. The van der Waals surface area contributed by atoms with Gasteiger partial charge in [0.2, 0.25) is 5.91 Å². The summed E-state index contributed by atoms with van der Waals surface area (Å²) in [6.07, 6.45) is 0.119. The number of carboxylic acid groups (broad SMARTS) is 1. The third-order valence-corrected chi connectivity index (χ3v) is 3.04. The second kappa shape index (κ2) is 7.11. The van der Waals surface area contributed by atoms with Crippen molar-refractivity contribution in [1.29, 1.82) is 0 Å². The molecule has 1 aromatic rings. The largest absolute Gasteiger partial charge is 0.493 e. The van der Waals surface area contributed by atoms with Crippen LogP contribution < -0.4 is 10.1 Å². The van der Waals surface area contributed by atoms with Gasteiger partial charge in [0, 0.05) is 0 Å². The first-order chi connectivity index (χ1) is 9.70. The number of nitrogens with one attached hydrogen (secondary N) is 1. The molecule has 1 rings (SSSR count). The second-order valence-electron chi connectivity index (χ2n) is 6.12. The van der Waals surface area contributed by atoms with Crippen molar-refractivity contribution < 1.29 is 19.4 Å². The summed E-state index contributed by atoms with van der Waals surface area (Å²) in [7, 11) is 0. The van der Waals surface area contributed by atoms with Crippen molar-refractivity contribution in [3.8, 4) is 5.75 Å². The summed E-state index contributed by atoms with van der Waals surface area (Å²) >= 11 is 0. The zero-order valence-electron chi connectivity index (χ0n) is 13.0. The van der Waals surface area contributed by atoms with Crippen LogP contribution in [-0.2, 0) is 9.59 Å². The zero-order chi connectivity index (χ0) is 16.0. The predicted octanol–water partition coefficient (Wildman–Crippen LogP) is 2.38. The fraction of sp³-hybridized carbons (Fsp3) is 0.500. The Morgan fingerprint density at radius 3 is 2.29 bits per heavy atom. The summed E-state index contributed by atoms with van der Waals surface area (Å²) in [6, 6.07) is 6.61. The lowest BCUT2D eigenvalue weighted by atomic mass is 9.86. The highest BCUT2D eigenvalue weighted by atomic mass is 16.5. The third kappa shape index (κ3) is 5.85. The average molecular weight is 293 g/mol. The topological polar surface area (TPSA) is 75.6 Å². The van der Waals surface area contributed by atoms with Crippen molar-refractivity contribution in [3.63, 3.8) is 0 Å². The van der Waals surface area contributed by atoms with Crippen LogP contribution in [0.2, 0.25) is 0 Å². The van der Waals surface area contributed by atoms with E-state index in [4.69, 9.17) is 9.84 Å². The summed E-state index contributed by atoms with van der Waals surface area (Å²) in [5, 5.41) is 11.7. The Kier molecular flexibility index (Phi) is 5.76. The monoisotopic (exact) mass is 293 g/mol. The lowest BCUT2D eigenvalue weighted by Gasteiger charge is -2.27. The van der Waals surface area contributed by atoms with Crippen molar-refractivity contribution in [2.75, 3.05) is 6.61 Å². The molecule has 21 heavy (non-hydrogen) atoms. The minimum atomic E-state index is -1.03. The molecule has 5 heteroatoms. The fourth-order valence-corrected chi connectivity index (χ4v) is 1.78. The maximum atomic E-state index is 11.8. The van der Waals surface area contributed by atoms with E-state index >= 15 is 0 Å². The highest BCUT2D eigenvalue weighted by Crippen LogP contribution is 2.19. The number of carboxylic acids is 1. The van der Waals surface area contributed by atoms with E-state index < -0.39 is 17.4 Å². The Hall–Kier alpha value is -2.04. The molecular formula is C16H23NO4. The molecule has 116 valence electrons. The molecule has 0 radical (unpaired) electrons. The first-order valence-electron chi connectivity index (χ1n) is 6.92. The van der Waals surface area contributed by atoms with E-state index in [0.29, 0.717) is 5.75 Å². The molecule has 0 aliphatic heterocycles. The van der Waals surface area contributed by atoms with Crippen LogP contribution in [0.5, 0.6) is 5.75 Å². The van der Waals surface area contributed by atoms with Crippen LogP contribution in [0.1, 0.15) is 32.8 Å². The Morgan fingerprint density at radius 2 is 1.81 bits per heavy atom. The molecule has 0 aliphatic rings. The summed E-state index contributed by atoms with van der Waals surface area (Å²) in [4.78, 5) is 23.0. The van der Waals surface area contributed by atoms with Crippen molar-refractivity contribution in [2.45, 2.75) is 40.2 Å². The number of benzene rings is 1. The van der Waals surface area contributed by atoms with Gasteiger partial charge in [-0.05, 0) is 24.5 Å². The van der Waals surface area contributed by atoms with Gasteiger partial charge in [-0.3, -0.25) is 4.79 Å². The van der Waals surface area contributed by atoms with E-state index in [1.807, 2.05) is 31.2 Å². The van der Waals surface area contributed by atoms with E-state index in [0.717, 1.165) is 5.56 Å². The molecule has 0 saturated heterocycles. The highest BCUT2D eigenvalue weighted by molar-refractivity contribution is 5.84. The van der Waals surface area contributed by atoms with Gasteiger partial charge in [-0.2, -0.15) is 0 Å². The lowest BCUT2D eigenvalue weighted by Crippen LogP contribution is -2.49. The highest BCUT2D eigenvalue weighted by Gasteiger charge is 2.32. The number of carbonyl (C=O) groups excluding carboxylic acids is 1. The van der Waals surface area contributed by atoms with Gasteiger partial charge in [0.05, 0.1) is 13.0 Å². The summed E-state index contributed by atoms with van der Waals surface area (Å²) in [5.41, 5.74) is 0.592. The number of amides is 1. The Morgan fingerprint density at radius 1 is 1.24 bits per heavy atom. The van der Waals surface area contributed by atoms with E-state index in [-0.39, 0.29) is 18.9 Å². The van der Waals surface area contributed by atoms with E-state index in [9.17, 15) is 9.59 Å². The van der Waals surface area contributed by atoms with Crippen molar-refractivity contribution in [2.24, 2.45) is 5.41 Å². The number of rotatable bonds is 6. The summed E-state index contributed by atoms with van der Waals surface area (Å²) < 4.78 is 5.45. The predicted molar refractivity (Wildman–Crippen MR) is 80.3 cm³/mol. The van der Waals surface area contributed by atoms with Crippen LogP contribution in [0.25, 0.3) is 0 Å². The van der Waals surface area contributed by atoms with Crippen LogP contribution in [0.4, 0.5) is 0 Å². The number of hydrogen-bond acceptors (Lipinski definition) is 3. The molecule has 1 amide bonds. The average Bonchev–Trinajstić information content (AvgIpc) is 2.36. The van der Waals surface area contributed by atoms with Crippen LogP contribution in [-0.4, -0.2) is 29.6 Å². The van der Waals surface area contributed by atoms with E-state index in [2.05, 4.69) is 5.32 Å². The minimum absolute atomic E-state index is 0.119. The molecule has 2 N–H and O–H groups in total. The normalized spacial score (nSPS) is 12.6. The SMILES string of the molecule is Cc1ccc(OCCC(=O)N[C@H](C(=O)O)C(C)(C)C)cc1. The molecule has 0 fully saturated rings. The molecular weight excluding hydrogens is 270 g/mol. The van der Waals surface area contributed by atoms with Gasteiger partial charge in [0.15, 0.2) is 0 Å². The molecule has 0 bridgehead atoms. The van der Waals surface area contributed by atoms with Crippen LogP contribution in [0, 0.1) is 12.3 Å². The van der Waals surface area contributed by atoms with Gasteiger partial charge in [-0.15, -0.1) is 0 Å². The molecule has 1 atom stereocenters. The van der Waals surface area contributed by atoms with E-state index in [1.165, 1.54) is 0 Å². The Labute approximate surface area is 125 Å². The molecule has 1 aromatic carbocycles. The Bertz CT molecular complexity index is 488. The van der Waals surface area contributed by atoms with Gasteiger partial charge in [-0.1, -0.05) is 38.5 Å². The van der Waals surface area contributed by atoms with Crippen molar-refractivity contribution in [3.05, 3.63) is 29.8 Å². The molecule has 0 spiro atoms. The molecule has 5 nitrogen and oxygen atoms in total.